The van der Waals surface area contributed by atoms with Crippen LogP contribution < -0.4 is 15.5 Å². The molecule has 2 aliphatic heterocycles. The van der Waals surface area contributed by atoms with E-state index in [1.54, 1.807) is 6.07 Å². The molecule has 2 fully saturated rings. The number of pyridine rings is 1. The summed E-state index contributed by atoms with van der Waals surface area (Å²) < 4.78 is 67.0. The minimum atomic E-state index is -4.51. The van der Waals surface area contributed by atoms with Gasteiger partial charge in [0.25, 0.3) is 5.92 Å². The molecule has 0 spiro atoms. The van der Waals surface area contributed by atoms with Gasteiger partial charge in [0, 0.05) is 37.7 Å². The van der Waals surface area contributed by atoms with Crippen molar-refractivity contribution in [1.29, 1.82) is 0 Å². The van der Waals surface area contributed by atoms with Gasteiger partial charge in [-0.15, -0.1) is 0 Å². The van der Waals surface area contributed by atoms with Crippen LogP contribution in [0.1, 0.15) is 42.9 Å². The molecule has 6 nitrogen and oxygen atoms in total. The first-order valence-corrected chi connectivity index (χ1v) is 10.2. The predicted octanol–water partition coefficient (Wildman–Crippen LogP) is 4.34. The number of rotatable bonds is 4. The zero-order valence-corrected chi connectivity index (χ0v) is 16.7. The fourth-order valence-corrected chi connectivity index (χ4v) is 3.91. The smallest absolute Gasteiger partial charge is 0.335 e. The summed E-state index contributed by atoms with van der Waals surface area (Å²) in [4.78, 5) is 14.3. The van der Waals surface area contributed by atoms with Crippen molar-refractivity contribution in [3.8, 4) is 0 Å². The number of piperidine rings is 2. The molecular formula is C20H23F5N6. The number of aromatic nitrogens is 3. The first-order valence-electron chi connectivity index (χ1n) is 10.2. The molecule has 0 saturated carbocycles. The number of hydrogen-bond donors (Lipinski definition) is 2. The lowest BCUT2D eigenvalue weighted by atomic mass is 9.96. The van der Waals surface area contributed by atoms with Crippen LogP contribution in [0.2, 0.25) is 0 Å². The number of hydrogen-bond acceptors (Lipinski definition) is 6. The highest BCUT2D eigenvalue weighted by atomic mass is 19.4. The number of alkyl halides is 5. The van der Waals surface area contributed by atoms with E-state index < -0.39 is 24.2 Å². The van der Waals surface area contributed by atoms with E-state index in [4.69, 9.17) is 0 Å². The van der Waals surface area contributed by atoms with E-state index in [9.17, 15) is 22.0 Å². The number of anilines is 3. The van der Waals surface area contributed by atoms with Crippen LogP contribution in [0.3, 0.4) is 0 Å². The van der Waals surface area contributed by atoms with Crippen LogP contribution in [0.4, 0.5) is 39.5 Å². The Labute approximate surface area is 176 Å². The molecule has 168 valence electrons. The van der Waals surface area contributed by atoms with Gasteiger partial charge in [0.15, 0.2) is 0 Å². The van der Waals surface area contributed by atoms with Gasteiger partial charge in [-0.25, -0.2) is 18.7 Å². The molecule has 2 aromatic rings. The predicted molar refractivity (Wildman–Crippen MR) is 106 cm³/mol. The lowest BCUT2D eigenvalue weighted by Crippen LogP contribution is -2.43. The molecule has 0 aliphatic carbocycles. The maximum absolute atomic E-state index is 14.0. The lowest BCUT2D eigenvalue weighted by molar-refractivity contribution is -0.137. The Morgan fingerprint density at radius 2 is 1.97 bits per heavy atom. The summed E-state index contributed by atoms with van der Waals surface area (Å²) in [5.41, 5.74) is -0.174. The summed E-state index contributed by atoms with van der Waals surface area (Å²) in [6, 6.07) is 3.43. The molecule has 11 heteroatoms. The number of halogens is 5. The van der Waals surface area contributed by atoms with E-state index in [1.165, 1.54) is 4.90 Å². The molecule has 2 aliphatic rings. The van der Waals surface area contributed by atoms with Crippen LogP contribution in [0.25, 0.3) is 0 Å². The Morgan fingerprint density at radius 1 is 1.13 bits per heavy atom. The van der Waals surface area contributed by atoms with Crippen LogP contribution >= 0.6 is 0 Å². The molecule has 0 amide bonds. The topological polar surface area (TPSA) is 66.0 Å². The standard InChI is InChI=1S/C20H23F5N6/c21-19(22)5-2-8-31(12-19)18-28-15(13-3-1-6-26-11-13)10-17(30-18)29-16-9-14(4-7-27-16)20(23,24)25/h4,7,9-10,13,26H,1-3,5-6,8,11-12H2,(H,27,28,29,30). The second-order valence-electron chi connectivity index (χ2n) is 7.95. The van der Waals surface area contributed by atoms with Gasteiger partial charge in [-0.3, -0.25) is 0 Å². The van der Waals surface area contributed by atoms with Gasteiger partial charge in [0.2, 0.25) is 5.95 Å². The summed E-state index contributed by atoms with van der Waals surface area (Å²) >= 11 is 0. The van der Waals surface area contributed by atoms with Crippen LogP contribution in [-0.4, -0.2) is 47.1 Å². The third kappa shape index (κ3) is 5.38. The van der Waals surface area contributed by atoms with Gasteiger partial charge in [-0.05, 0) is 37.9 Å². The third-order valence-corrected chi connectivity index (χ3v) is 5.47. The average molecular weight is 442 g/mol. The highest BCUT2D eigenvalue weighted by molar-refractivity contribution is 5.55. The maximum Gasteiger partial charge on any atom is 0.416 e. The largest absolute Gasteiger partial charge is 0.416 e. The molecule has 0 aromatic carbocycles. The molecular weight excluding hydrogens is 419 g/mol. The fourth-order valence-electron chi connectivity index (χ4n) is 3.91. The molecule has 0 bridgehead atoms. The van der Waals surface area contributed by atoms with Crippen LogP contribution in [0, 0.1) is 0 Å². The Bertz CT molecular complexity index is 913. The van der Waals surface area contributed by atoms with E-state index in [0.717, 1.165) is 37.7 Å². The van der Waals surface area contributed by atoms with Crippen molar-refractivity contribution in [2.75, 3.05) is 36.4 Å². The van der Waals surface area contributed by atoms with Gasteiger partial charge < -0.3 is 15.5 Å². The van der Waals surface area contributed by atoms with Crippen molar-refractivity contribution in [2.24, 2.45) is 0 Å². The normalized spacial score (nSPS) is 21.7. The van der Waals surface area contributed by atoms with E-state index in [2.05, 4.69) is 25.6 Å². The molecule has 1 atom stereocenters. The monoisotopic (exact) mass is 442 g/mol. The van der Waals surface area contributed by atoms with E-state index >= 15 is 0 Å². The average Bonchev–Trinajstić information content (AvgIpc) is 2.73. The van der Waals surface area contributed by atoms with Crippen LogP contribution in [-0.2, 0) is 6.18 Å². The van der Waals surface area contributed by atoms with Gasteiger partial charge in [-0.2, -0.15) is 18.2 Å². The van der Waals surface area contributed by atoms with Crippen LogP contribution in [0.5, 0.6) is 0 Å². The van der Waals surface area contributed by atoms with Gasteiger partial charge in [0.1, 0.15) is 11.6 Å². The first-order chi connectivity index (χ1) is 14.7. The summed E-state index contributed by atoms with van der Waals surface area (Å²) in [7, 11) is 0. The molecule has 0 radical (unpaired) electrons. The molecule has 4 heterocycles. The molecule has 2 aromatic heterocycles. The summed E-state index contributed by atoms with van der Waals surface area (Å²) in [5.74, 6) is -2.42. The number of nitrogens with one attached hydrogen (secondary N) is 2. The zero-order valence-electron chi connectivity index (χ0n) is 16.7. The second-order valence-corrected chi connectivity index (χ2v) is 7.95. The first kappa shape index (κ1) is 21.7. The molecule has 2 saturated heterocycles. The Morgan fingerprint density at radius 3 is 2.68 bits per heavy atom. The van der Waals surface area contributed by atoms with E-state index in [1.807, 2.05) is 0 Å². The Kier molecular flexibility index (Phi) is 5.96. The Hall–Kier alpha value is -2.56. The molecule has 2 N–H and O–H groups in total. The summed E-state index contributed by atoms with van der Waals surface area (Å²) in [6.07, 6.45) is -1.50. The highest BCUT2D eigenvalue weighted by Crippen LogP contribution is 2.33. The van der Waals surface area contributed by atoms with Gasteiger partial charge >= 0.3 is 6.18 Å². The molecule has 4 rings (SSSR count). The molecule has 31 heavy (non-hydrogen) atoms. The van der Waals surface area contributed by atoms with Crippen molar-refractivity contribution in [2.45, 2.75) is 43.7 Å². The second kappa shape index (κ2) is 8.52. The SMILES string of the molecule is FC1(F)CCCN(c2nc(Nc3cc(C(F)(F)F)ccn3)cc(C3CCCNC3)n2)C1. The Balaban J connectivity index is 1.66. The lowest BCUT2D eigenvalue weighted by Gasteiger charge is -2.33. The van der Waals surface area contributed by atoms with Gasteiger partial charge in [0.05, 0.1) is 17.8 Å². The quantitative estimate of drug-likeness (QED) is 0.687. The van der Waals surface area contributed by atoms with Crippen molar-refractivity contribution < 1.29 is 22.0 Å². The highest BCUT2D eigenvalue weighted by Gasteiger charge is 2.36. The van der Waals surface area contributed by atoms with Crippen molar-refractivity contribution in [3.63, 3.8) is 0 Å². The fraction of sp³-hybridized carbons (Fsp3) is 0.550. The van der Waals surface area contributed by atoms with Crippen LogP contribution in [0.15, 0.2) is 24.4 Å². The van der Waals surface area contributed by atoms with E-state index in [-0.39, 0.29) is 29.9 Å². The zero-order chi connectivity index (χ0) is 22.1. The van der Waals surface area contributed by atoms with Crippen molar-refractivity contribution in [1.82, 2.24) is 20.3 Å². The third-order valence-electron chi connectivity index (χ3n) is 5.47. The summed E-state index contributed by atoms with van der Waals surface area (Å²) in [6.45, 7) is 1.49. The number of nitrogens with zero attached hydrogens (tertiary/aromatic N) is 4. The van der Waals surface area contributed by atoms with Gasteiger partial charge in [-0.1, -0.05) is 0 Å². The van der Waals surface area contributed by atoms with Crippen molar-refractivity contribution >= 4 is 17.6 Å². The molecule has 1 unspecified atom stereocenters. The maximum atomic E-state index is 14.0. The minimum Gasteiger partial charge on any atom is -0.335 e. The summed E-state index contributed by atoms with van der Waals surface area (Å²) in [5, 5.41) is 6.09. The minimum absolute atomic E-state index is 0.0313. The van der Waals surface area contributed by atoms with E-state index in [0.29, 0.717) is 25.2 Å². The van der Waals surface area contributed by atoms with Crippen molar-refractivity contribution in [3.05, 3.63) is 35.7 Å².